The molecule has 1 aromatic heterocycles. The standard InChI is InChI=1S/C13H13BrFN3O2S/c1-8(9-4-10(15)7-17-6-9)18-13-3-2-11(5-12(13)14)21(16,19)20/h2-8,18H,1H3,(H2,16,19,20). The number of benzene rings is 1. The lowest BCUT2D eigenvalue weighted by Gasteiger charge is -2.17. The van der Waals surface area contributed by atoms with Gasteiger partial charge in [-0.25, -0.2) is 17.9 Å². The van der Waals surface area contributed by atoms with Gasteiger partial charge in [-0.1, -0.05) is 0 Å². The van der Waals surface area contributed by atoms with E-state index in [4.69, 9.17) is 5.14 Å². The Morgan fingerprint density at radius 2 is 2.05 bits per heavy atom. The summed E-state index contributed by atoms with van der Waals surface area (Å²) in [6.45, 7) is 1.84. The number of rotatable bonds is 4. The fourth-order valence-corrected chi connectivity index (χ4v) is 2.96. The predicted molar refractivity (Wildman–Crippen MR) is 81.7 cm³/mol. The highest BCUT2D eigenvalue weighted by Gasteiger charge is 2.13. The lowest BCUT2D eigenvalue weighted by Crippen LogP contribution is -2.13. The normalized spacial score (nSPS) is 13.0. The van der Waals surface area contributed by atoms with E-state index in [0.29, 0.717) is 15.7 Å². The van der Waals surface area contributed by atoms with Crippen molar-refractivity contribution < 1.29 is 12.8 Å². The van der Waals surface area contributed by atoms with Crippen molar-refractivity contribution in [3.05, 3.63) is 52.5 Å². The molecular formula is C13H13BrFN3O2S. The number of nitrogens with two attached hydrogens (primary N) is 1. The van der Waals surface area contributed by atoms with E-state index in [1.807, 2.05) is 6.92 Å². The van der Waals surface area contributed by atoms with Crippen LogP contribution in [0, 0.1) is 5.82 Å². The highest BCUT2D eigenvalue weighted by molar-refractivity contribution is 9.10. The lowest BCUT2D eigenvalue weighted by atomic mass is 10.1. The molecule has 2 aromatic rings. The molecule has 1 unspecified atom stereocenters. The molecular weight excluding hydrogens is 361 g/mol. The van der Waals surface area contributed by atoms with Crippen molar-refractivity contribution >= 4 is 31.6 Å². The summed E-state index contributed by atoms with van der Waals surface area (Å²) < 4.78 is 36.2. The highest BCUT2D eigenvalue weighted by Crippen LogP contribution is 2.28. The Kier molecular flexibility index (Phi) is 4.60. The minimum atomic E-state index is -3.75. The summed E-state index contributed by atoms with van der Waals surface area (Å²) >= 11 is 3.28. The number of nitrogens with zero attached hydrogens (tertiary/aromatic N) is 1. The first-order valence-electron chi connectivity index (χ1n) is 5.96. The van der Waals surface area contributed by atoms with Gasteiger partial charge in [0.1, 0.15) is 5.82 Å². The van der Waals surface area contributed by atoms with Crippen LogP contribution in [0.3, 0.4) is 0 Å². The minimum Gasteiger partial charge on any atom is -0.378 e. The summed E-state index contributed by atoms with van der Waals surface area (Å²) in [5.74, 6) is -0.412. The maximum atomic E-state index is 13.1. The van der Waals surface area contributed by atoms with Crippen molar-refractivity contribution in [1.29, 1.82) is 0 Å². The third-order valence-corrected chi connectivity index (χ3v) is 4.43. The number of primary sulfonamides is 1. The van der Waals surface area contributed by atoms with Gasteiger partial charge in [0.05, 0.1) is 17.1 Å². The lowest BCUT2D eigenvalue weighted by molar-refractivity contribution is 0.597. The van der Waals surface area contributed by atoms with Crippen molar-refractivity contribution in [2.24, 2.45) is 5.14 Å². The molecule has 0 saturated heterocycles. The summed E-state index contributed by atoms with van der Waals surface area (Å²) in [4.78, 5) is 3.81. The SMILES string of the molecule is CC(Nc1ccc(S(N)(=O)=O)cc1Br)c1cncc(F)c1. The van der Waals surface area contributed by atoms with Crippen molar-refractivity contribution in [1.82, 2.24) is 4.98 Å². The predicted octanol–water partition coefficient (Wildman–Crippen LogP) is 2.80. The molecule has 3 N–H and O–H groups in total. The van der Waals surface area contributed by atoms with E-state index in [-0.39, 0.29) is 10.9 Å². The first kappa shape index (κ1) is 15.9. The summed E-state index contributed by atoms with van der Waals surface area (Å²) in [5.41, 5.74) is 1.34. The number of hydrogen-bond donors (Lipinski definition) is 2. The van der Waals surface area contributed by atoms with Crippen LogP contribution in [0.5, 0.6) is 0 Å². The fourth-order valence-electron chi connectivity index (χ4n) is 1.77. The van der Waals surface area contributed by atoms with Crippen LogP contribution in [0.1, 0.15) is 18.5 Å². The van der Waals surface area contributed by atoms with Crippen molar-refractivity contribution in [3.8, 4) is 0 Å². The number of anilines is 1. The smallest absolute Gasteiger partial charge is 0.238 e. The molecule has 8 heteroatoms. The van der Waals surface area contributed by atoms with E-state index in [1.54, 1.807) is 12.3 Å². The Morgan fingerprint density at radius 3 is 2.62 bits per heavy atom. The van der Waals surface area contributed by atoms with E-state index < -0.39 is 15.8 Å². The van der Waals surface area contributed by atoms with Gasteiger partial charge >= 0.3 is 0 Å². The zero-order chi connectivity index (χ0) is 15.6. The van der Waals surface area contributed by atoms with Crippen LogP contribution in [0.4, 0.5) is 10.1 Å². The van der Waals surface area contributed by atoms with Crippen LogP contribution in [-0.2, 0) is 10.0 Å². The number of nitrogens with one attached hydrogen (secondary N) is 1. The number of aromatic nitrogens is 1. The molecule has 0 saturated carbocycles. The van der Waals surface area contributed by atoms with Crippen LogP contribution in [0.2, 0.25) is 0 Å². The van der Waals surface area contributed by atoms with E-state index >= 15 is 0 Å². The van der Waals surface area contributed by atoms with Gasteiger partial charge in [-0.05, 0) is 52.7 Å². The fraction of sp³-hybridized carbons (Fsp3) is 0.154. The van der Waals surface area contributed by atoms with Crippen LogP contribution >= 0.6 is 15.9 Å². The molecule has 0 aliphatic carbocycles. The second-order valence-electron chi connectivity index (χ2n) is 4.49. The molecule has 112 valence electrons. The first-order chi connectivity index (χ1) is 9.77. The number of sulfonamides is 1. The van der Waals surface area contributed by atoms with Gasteiger partial charge in [0.2, 0.25) is 10.0 Å². The molecule has 5 nitrogen and oxygen atoms in total. The zero-order valence-corrected chi connectivity index (χ0v) is 13.4. The van der Waals surface area contributed by atoms with Gasteiger partial charge in [-0.3, -0.25) is 4.98 Å². The van der Waals surface area contributed by atoms with Crippen molar-refractivity contribution in [2.45, 2.75) is 17.9 Å². The zero-order valence-electron chi connectivity index (χ0n) is 11.0. The summed E-state index contributed by atoms with van der Waals surface area (Å²) in [7, 11) is -3.75. The molecule has 0 bridgehead atoms. The van der Waals surface area contributed by atoms with Crippen molar-refractivity contribution in [2.75, 3.05) is 5.32 Å². The van der Waals surface area contributed by atoms with E-state index in [1.165, 1.54) is 18.2 Å². The molecule has 0 aliphatic heterocycles. The topological polar surface area (TPSA) is 85.1 Å². The average Bonchev–Trinajstić information content (AvgIpc) is 2.39. The Balaban J connectivity index is 2.24. The third kappa shape index (κ3) is 3.99. The highest BCUT2D eigenvalue weighted by atomic mass is 79.9. The second kappa shape index (κ2) is 6.08. The monoisotopic (exact) mass is 373 g/mol. The van der Waals surface area contributed by atoms with Crippen LogP contribution in [-0.4, -0.2) is 13.4 Å². The van der Waals surface area contributed by atoms with E-state index in [2.05, 4.69) is 26.2 Å². The molecule has 1 atom stereocenters. The molecule has 0 amide bonds. The molecule has 1 heterocycles. The van der Waals surface area contributed by atoms with E-state index in [0.717, 1.165) is 6.20 Å². The average molecular weight is 374 g/mol. The van der Waals surface area contributed by atoms with Gasteiger partial charge in [-0.15, -0.1) is 0 Å². The van der Waals surface area contributed by atoms with Crippen molar-refractivity contribution in [3.63, 3.8) is 0 Å². The first-order valence-corrected chi connectivity index (χ1v) is 8.30. The Labute approximate surface area is 130 Å². The molecule has 0 fully saturated rings. The molecule has 0 radical (unpaired) electrons. The van der Waals surface area contributed by atoms with E-state index in [9.17, 15) is 12.8 Å². The van der Waals surface area contributed by atoms with Gasteiger partial charge in [0.15, 0.2) is 0 Å². The molecule has 21 heavy (non-hydrogen) atoms. The summed E-state index contributed by atoms with van der Waals surface area (Å²) in [6.07, 6.45) is 2.69. The Hall–Kier alpha value is -1.51. The Bertz CT molecular complexity index is 768. The largest absolute Gasteiger partial charge is 0.378 e. The van der Waals surface area contributed by atoms with Crippen LogP contribution in [0.25, 0.3) is 0 Å². The van der Waals surface area contributed by atoms with Crippen LogP contribution < -0.4 is 10.5 Å². The summed E-state index contributed by atoms with van der Waals surface area (Å²) in [5, 5.41) is 8.21. The van der Waals surface area contributed by atoms with Gasteiger partial charge in [0, 0.05) is 16.4 Å². The molecule has 2 rings (SSSR count). The number of pyridine rings is 1. The van der Waals surface area contributed by atoms with Gasteiger partial charge in [0.25, 0.3) is 0 Å². The number of halogens is 2. The minimum absolute atomic E-state index is 0.0139. The quantitative estimate of drug-likeness (QED) is 0.862. The van der Waals surface area contributed by atoms with Gasteiger partial charge < -0.3 is 5.32 Å². The molecule has 0 spiro atoms. The Morgan fingerprint density at radius 1 is 1.33 bits per heavy atom. The molecule has 1 aromatic carbocycles. The summed E-state index contributed by atoms with van der Waals surface area (Å²) in [6, 6.07) is 5.59. The second-order valence-corrected chi connectivity index (χ2v) is 6.90. The maximum Gasteiger partial charge on any atom is 0.238 e. The van der Waals surface area contributed by atoms with Crippen LogP contribution in [0.15, 0.2) is 46.0 Å². The maximum absolute atomic E-state index is 13.1. The number of hydrogen-bond acceptors (Lipinski definition) is 4. The molecule has 0 aliphatic rings. The van der Waals surface area contributed by atoms with Gasteiger partial charge in [-0.2, -0.15) is 0 Å². The third-order valence-electron chi connectivity index (χ3n) is 2.87.